The van der Waals surface area contributed by atoms with Crippen LogP contribution >= 0.6 is 0 Å². The van der Waals surface area contributed by atoms with Crippen LogP contribution in [0.3, 0.4) is 0 Å². The van der Waals surface area contributed by atoms with Gasteiger partial charge in [-0.2, -0.15) is 0 Å². The van der Waals surface area contributed by atoms with Crippen molar-refractivity contribution in [2.24, 2.45) is 0 Å². The molecule has 0 aliphatic carbocycles. The van der Waals surface area contributed by atoms with Crippen LogP contribution in [0.2, 0.25) is 0 Å². The van der Waals surface area contributed by atoms with Gasteiger partial charge in [0.15, 0.2) is 0 Å². The average molecular weight is 594 g/mol. The first-order valence-electron chi connectivity index (χ1n) is 15.5. The van der Waals surface area contributed by atoms with E-state index in [0.29, 0.717) is 0 Å². The van der Waals surface area contributed by atoms with Gasteiger partial charge in [0, 0.05) is 50.0 Å². The van der Waals surface area contributed by atoms with Crippen LogP contribution in [0.15, 0.2) is 170 Å². The molecule has 0 fully saturated rings. The van der Waals surface area contributed by atoms with Crippen LogP contribution in [0.4, 0.5) is 21.5 Å². The Morgan fingerprint density at radius 3 is 1.22 bits per heavy atom. The van der Waals surface area contributed by atoms with Gasteiger partial charge in [-0.25, -0.2) is 4.39 Å². The summed E-state index contributed by atoms with van der Waals surface area (Å²) in [6.45, 7) is 0. The molecule has 0 unspecified atom stereocenters. The summed E-state index contributed by atoms with van der Waals surface area (Å²) in [5, 5.41) is 4.77. The van der Waals surface area contributed by atoms with E-state index < -0.39 is 0 Å². The molecular formula is C42H28FN3. The molecule has 0 amide bonds. The van der Waals surface area contributed by atoms with Gasteiger partial charge in [0.25, 0.3) is 0 Å². The molecular weight excluding hydrogens is 565 g/mol. The lowest BCUT2D eigenvalue weighted by molar-refractivity contribution is 0.628. The predicted octanol–water partition coefficient (Wildman–Crippen LogP) is 11.5. The number of para-hydroxylation sites is 4. The highest BCUT2D eigenvalue weighted by Gasteiger charge is 2.20. The molecule has 0 bridgehead atoms. The molecule has 0 aliphatic rings. The summed E-state index contributed by atoms with van der Waals surface area (Å²) < 4.78 is 18.9. The number of hydrogen-bond acceptors (Lipinski definition) is 1. The minimum absolute atomic E-state index is 0.261. The lowest BCUT2D eigenvalue weighted by atomic mass is 10.1. The largest absolute Gasteiger partial charge is 0.310 e. The molecule has 9 aromatic rings. The molecule has 218 valence electrons. The highest BCUT2D eigenvalue weighted by molar-refractivity contribution is 6.12. The van der Waals surface area contributed by atoms with E-state index in [-0.39, 0.29) is 5.82 Å². The van der Waals surface area contributed by atoms with Crippen molar-refractivity contribution in [3.05, 3.63) is 176 Å². The van der Waals surface area contributed by atoms with Gasteiger partial charge in [-0.3, -0.25) is 0 Å². The summed E-state index contributed by atoms with van der Waals surface area (Å²) >= 11 is 0. The zero-order valence-corrected chi connectivity index (χ0v) is 24.9. The molecule has 2 heterocycles. The summed E-state index contributed by atoms with van der Waals surface area (Å²) in [7, 11) is 0. The Morgan fingerprint density at radius 2 is 0.739 bits per heavy atom. The maximum absolute atomic E-state index is 14.3. The summed E-state index contributed by atoms with van der Waals surface area (Å²) in [6.07, 6.45) is 0. The number of rotatable bonds is 5. The second-order valence-electron chi connectivity index (χ2n) is 11.6. The second-order valence-corrected chi connectivity index (χ2v) is 11.6. The standard InChI is InChI=1S/C42H28FN3/c43-29-19-21-32(22-20-29)44(33-23-25-37-35-15-7-9-17-39(35)45(41(37)27-33)30-11-3-1-4-12-30)34-24-26-38-36-16-8-10-18-40(36)46(42(38)28-34)31-13-5-2-6-14-31/h1-28H. The van der Waals surface area contributed by atoms with E-state index in [4.69, 9.17) is 0 Å². The van der Waals surface area contributed by atoms with Crippen LogP contribution in [0.5, 0.6) is 0 Å². The highest BCUT2D eigenvalue weighted by Crippen LogP contribution is 2.42. The molecule has 0 saturated carbocycles. The van der Waals surface area contributed by atoms with Gasteiger partial charge in [-0.05, 0) is 84.9 Å². The maximum Gasteiger partial charge on any atom is 0.123 e. The van der Waals surface area contributed by atoms with E-state index >= 15 is 0 Å². The SMILES string of the molecule is Fc1ccc(N(c2ccc3c4ccccc4n(-c4ccccc4)c3c2)c2ccc3c4ccccc4n(-c4ccccc4)c3c2)cc1. The van der Waals surface area contributed by atoms with Crippen molar-refractivity contribution in [3.63, 3.8) is 0 Å². The minimum atomic E-state index is -0.261. The summed E-state index contributed by atoms with van der Waals surface area (Å²) in [5.41, 5.74) is 9.59. The first kappa shape index (κ1) is 26.3. The average Bonchev–Trinajstić information content (AvgIpc) is 3.62. The third-order valence-corrected chi connectivity index (χ3v) is 8.94. The number of fused-ring (bicyclic) bond motifs is 6. The Bertz CT molecular complexity index is 2370. The second kappa shape index (κ2) is 10.5. The fraction of sp³-hybridized carbons (Fsp3) is 0. The molecule has 7 aromatic carbocycles. The molecule has 2 aromatic heterocycles. The lowest BCUT2D eigenvalue weighted by Gasteiger charge is -2.26. The molecule has 0 radical (unpaired) electrons. The molecule has 0 aliphatic heterocycles. The summed E-state index contributed by atoms with van der Waals surface area (Å²) in [4.78, 5) is 2.22. The monoisotopic (exact) mass is 593 g/mol. The van der Waals surface area contributed by atoms with Gasteiger partial charge >= 0.3 is 0 Å². The molecule has 0 saturated heterocycles. The van der Waals surface area contributed by atoms with E-state index in [1.165, 1.54) is 33.7 Å². The number of anilines is 3. The quantitative estimate of drug-likeness (QED) is 0.193. The first-order chi connectivity index (χ1) is 22.7. The molecule has 3 nitrogen and oxygen atoms in total. The Balaban J connectivity index is 1.32. The predicted molar refractivity (Wildman–Crippen MR) is 190 cm³/mol. The summed E-state index contributed by atoms with van der Waals surface area (Å²) in [6, 6.07) is 58.1. The Hall–Kier alpha value is -6.13. The van der Waals surface area contributed by atoms with Crippen molar-refractivity contribution in [1.82, 2.24) is 9.13 Å². The molecule has 46 heavy (non-hydrogen) atoms. The van der Waals surface area contributed by atoms with Crippen molar-refractivity contribution in [2.45, 2.75) is 0 Å². The fourth-order valence-electron chi connectivity index (χ4n) is 6.94. The van der Waals surface area contributed by atoms with Gasteiger partial charge in [-0.1, -0.05) is 84.9 Å². The minimum Gasteiger partial charge on any atom is -0.310 e. The Kier molecular flexibility index (Phi) is 6.00. The Labute approximate surface area is 265 Å². The fourth-order valence-corrected chi connectivity index (χ4v) is 6.94. The normalized spacial score (nSPS) is 11.6. The van der Waals surface area contributed by atoms with Crippen molar-refractivity contribution < 1.29 is 4.39 Å². The van der Waals surface area contributed by atoms with E-state index in [0.717, 1.165) is 50.5 Å². The van der Waals surface area contributed by atoms with E-state index in [1.54, 1.807) is 0 Å². The number of nitrogens with zero attached hydrogens (tertiary/aromatic N) is 3. The number of benzene rings is 7. The first-order valence-corrected chi connectivity index (χ1v) is 15.5. The van der Waals surface area contributed by atoms with Crippen LogP contribution in [0.25, 0.3) is 55.0 Å². The molecule has 4 heteroatoms. The zero-order valence-electron chi connectivity index (χ0n) is 24.9. The summed E-state index contributed by atoms with van der Waals surface area (Å²) in [5.74, 6) is -0.261. The molecule has 0 atom stereocenters. The van der Waals surface area contributed by atoms with Gasteiger partial charge < -0.3 is 14.0 Å². The van der Waals surface area contributed by atoms with E-state index in [9.17, 15) is 4.39 Å². The third-order valence-electron chi connectivity index (χ3n) is 8.94. The molecule has 0 N–H and O–H groups in total. The van der Waals surface area contributed by atoms with Crippen LogP contribution in [0.1, 0.15) is 0 Å². The lowest BCUT2D eigenvalue weighted by Crippen LogP contribution is -2.10. The van der Waals surface area contributed by atoms with Crippen molar-refractivity contribution in [3.8, 4) is 11.4 Å². The van der Waals surface area contributed by atoms with Crippen LogP contribution in [-0.4, -0.2) is 9.13 Å². The smallest absolute Gasteiger partial charge is 0.123 e. The zero-order chi connectivity index (χ0) is 30.6. The maximum atomic E-state index is 14.3. The number of hydrogen-bond donors (Lipinski definition) is 0. The highest BCUT2D eigenvalue weighted by atomic mass is 19.1. The van der Waals surface area contributed by atoms with Crippen LogP contribution in [0, 0.1) is 5.82 Å². The number of halogens is 1. The van der Waals surface area contributed by atoms with Crippen molar-refractivity contribution in [2.75, 3.05) is 4.90 Å². The molecule has 0 spiro atoms. The van der Waals surface area contributed by atoms with Crippen molar-refractivity contribution >= 4 is 60.7 Å². The van der Waals surface area contributed by atoms with Gasteiger partial charge in [0.2, 0.25) is 0 Å². The number of aromatic nitrogens is 2. The van der Waals surface area contributed by atoms with Crippen LogP contribution in [-0.2, 0) is 0 Å². The van der Waals surface area contributed by atoms with Gasteiger partial charge in [0.05, 0.1) is 22.1 Å². The van der Waals surface area contributed by atoms with E-state index in [2.05, 4.69) is 147 Å². The van der Waals surface area contributed by atoms with Gasteiger partial charge in [0.1, 0.15) is 5.82 Å². The van der Waals surface area contributed by atoms with Crippen molar-refractivity contribution in [1.29, 1.82) is 0 Å². The van der Waals surface area contributed by atoms with Crippen LogP contribution < -0.4 is 4.90 Å². The Morgan fingerprint density at radius 1 is 0.348 bits per heavy atom. The van der Waals surface area contributed by atoms with E-state index in [1.807, 2.05) is 24.3 Å². The third kappa shape index (κ3) is 4.11. The topological polar surface area (TPSA) is 13.1 Å². The molecule has 9 rings (SSSR count). The van der Waals surface area contributed by atoms with Gasteiger partial charge in [-0.15, -0.1) is 0 Å².